The van der Waals surface area contributed by atoms with Gasteiger partial charge in [0.15, 0.2) is 0 Å². The standard InChI is InChI=1S/C30H36N4O6S/c1-39-26-21-24(32-41(37,38)27-11-5-9-23-10-6-15-31-28(23)27)12-13-25(26)29(35)33-16-18-34(19-17-33)30(36)40-20-14-22-7-3-2-4-8-22/h5-6,9-13,15,21-22,32H,2-4,7-8,14,16-20H2,1H3. The van der Waals surface area contributed by atoms with Gasteiger partial charge in [-0.2, -0.15) is 0 Å². The number of amides is 2. The molecule has 0 radical (unpaired) electrons. The van der Waals surface area contributed by atoms with Crippen molar-refractivity contribution in [3.8, 4) is 5.75 Å². The summed E-state index contributed by atoms with van der Waals surface area (Å²) in [6.07, 6.45) is 8.40. The molecule has 3 aromatic rings. The maximum Gasteiger partial charge on any atom is 0.409 e. The van der Waals surface area contributed by atoms with Gasteiger partial charge in [-0.3, -0.25) is 14.5 Å². The highest BCUT2D eigenvalue weighted by Gasteiger charge is 2.28. The number of piperazine rings is 1. The average molecular weight is 581 g/mol. The van der Waals surface area contributed by atoms with E-state index in [1.54, 1.807) is 46.3 Å². The van der Waals surface area contributed by atoms with Crippen molar-refractivity contribution in [3.05, 3.63) is 60.3 Å². The lowest BCUT2D eigenvalue weighted by Gasteiger charge is -2.34. The second-order valence-corrected chi connectivity index (χ2v) is 12.2. The maximum atomic E-state index is 13.3. The largest absolute Gasteiger partial charge is 0.496 e. The molecular weight excluding hydrogens is 544 g/mol. The van der Waals surface area contributed by atoms with Gasteiger partial charge in [-0.05, 0) is 36.6 Å². The zero-order chi connectivity index (χ0) is 28.8. The summed E-state index contributed by atoms with van der Waals surface area (Å²) in [6, 6.07) is 13.1. The number of anilines is 1. The van der Waals surface area contributed by atoms with E-state index in [-0.39, 0.29) is 28.3 Å². The number of para-hydroxylation sites is 1. The molecule has 2 aliphatic rings. The third-order valence-corrected chi connectivity index (χ3v) is 9.28. The normalized spacial score (nSPS) is 16.4. The van der Waals surface area contributed by atoms with Crippen molar-refractivity contribution in [2.24, 2.45) is 5.92 Å². The molecule has 0 bridgehead atoms. The minimum atomic E-state index is -3.96. The van der Waals surface area contributed by atoms with Gasteiger partial charge in [0.05, 0.1) is 30.5 Å². The number of benzene rings is 2. The topological polar surface area (TPSA) is 118 Å². The Kier molecular flexibility index (Phi) is 8.92. The fraction of sp³-hybridized carbons (Fsp3) is 0.433. The lowest BCUT2D eigenvalue weighted by Crippen LogP contribution is -2.50. The molecule has 1 aliphatic carbocycles. The molecule has 1 saturated heterocycles. The Morgan fingerprint density at radius 2 is 1.71 bits per heavy atom. The highest BCUT2D eigenvalue weighted by molar-refractivity contribution is 7.93. The number of nitrogens with zero attached hydrogens (tertiary/aromatic N) is 3. The zero-order valence-electron chi connectivity index (χ0n) is 23.3. The predicted octanol–water partition coefficient (Wildman–Crippen LogP) is 4.91. The third-order valence-electron chi connectivity index (χ3n) is 7.87. The van der Waals surface area contributed by atoms with Crippen molar-refractivity contribution in [1.82, 2.24) is 14.8 Å². The molecule has 5 rings (SSSR count). The molecule has 0 unspecified atom stereocenters. The number of ether oxygens (including phenoxy) is 2. The Morgan fingerprint density at radius 3 is 2.46 bits per heavy atom. The van der Waals surface area contributed by atoms with Crippen LogP contribution < -0.4 is 9.46 Å². The molecule has 2 aromatic carbocycles. The minimum Gasteiger partial charge on any atom is -0.496 e. The number of pyridine rings is 1. The predicted molar refractivity (Wildman–Crippen MR) is 156 cm³/mol. The molecular formula is C30H36N4O6S. The fourth-order valence-corrected chi connectivity index (χ4v) is 6.81. The van der Waals surface area contributed by atoms with Crippen LogP contribution in [0.3, 0.4) is 0 Å². The molecule has 11 heteroatoms. The molecule has 10 nitrogen and oxygen atoms in total. The monoisotopic (exact) mass is 580 g/mol. The SMILES string of the molecule is COc1cc(NS(=O)(=O)c2cccc3cccnc23)ccc1C(=O)N1CCN(C(=O)OCCC2CCCCC2)CC1. The first-order valence-corrected chi connectivity index (χ1v) is 15.6. The smallest absolute Gasteiger partial charge is 0.409 e. The van der Waals surface area contributed by atoms with Gasteiger partial charge < -0.3 is 19.3 Å². The molecule has 1 aliphatic heterocycles. The van der Waals surface area contributed by atoms with E-state index < -0.39 is 10.0 Å². The van der Waals surface area contributed by atoms with Gasteiger partial charge in [-0.15, -0.1) is 0 Å². The van der Waals surface area contributed by atoms with Crippen molar-refractivity contribution in [1.29, 1.82) is 0 Å². The molecule has 2 fully saturated rings. The minimum absolute atomic E-state index is 0.0557. The van der Waals surface area contributed by atoms with Gasteiger partial charge in [0, 0.05) is 43.8 Å². The van der Waals surface area contributed by atoms with E-state index in [1.807, 2.05) is 0 Å². The summed E-state index contributed by atoms with van der Waals surface area (Å²) >= 11 is 0. The van der Waals surface area contributed by atoms with E-state index in [1.165, 1.54) is 57.4 Å². The van der Waals surface area contributed by atoms with Gasteiger partial charge >= 0.3 is 6.09 Å². The van der Waals surface area contributed by atoms with Crippen LogP contribution in [0.15, 0.2) is 59.6 Å². The first kappa shape index (κ1) is 28.7. The number of carbonyl (C=O) groups excluding carboxylic acids is 2. The van der Waals surface area contributed by atoms with Crippen LogP contribution in [0.5, 0.6) is 5.75 Å². The molecule has 1 aromatic heterocycles. The molecule has 1 saturated carbocycles. The zero-order valence-corrected chi connectivity index (χ0v) is 24.1. The Bertz CT molecular complexity index is 1490. The van der Waals surface area contributed by atoms with E-state index in [4.69, 9.17) is 9.47 Å². The Hall–Kier alpha value is -3.86. The van der Waals surface area contributed by atoms with Crippen molar-refractivity contribution in [2.75, 3.05) is 44.6 Å². The summed E-state index contributed by atoms with van der Waals surface area (Å²) in [6.45, 7) is 1.93. The van der Waals surface area contributed by atoms with E-state index >= 15 is 0 Å². The van der Waals surface area contributed by atoms with Gasteiger partial charge in [0.25, 0.3) is 15.9 Å². The van der Waals surface area contributed by atoms with Crippen LogP contribution in [-0.2, 0) is 14.8 Å². The second-order valence-electron chi connectivity index (χ2n) is 10.5. The molecule has 218 valence electrons. The molecule has 41 heavy (non-hydrogen) atoms. The molecule has 2 amide bonds. The van der Waals surface area contributed by atoms with E-state index in [2.05, 4.69) is 9.71 Å². The van der Waals surface area contributed by atoms with Crippen LogP contribution in [-0.4, -0.2) is 75.1 Å². The van der Waals surface area contributed by atoms with Gasteiger partial charge in [0.1, 0.15) is 10.6 Å². The second kappa shape index (κ2) is 12.8. The van der Waals surface area contributed by atoms with E-state index in [9.17, 15) is 18.0 Å². The summed E-state index contributed by atoms with van der Waals surface area (Å²) in [4.78, 5) is 33.5. The number of methoxy groups -OCH3 is 1. The van der Waals surface area contributed by atoms with E-state index in [0.717, 1.165) is 6.42 Å². The highest BCUT2D eigenvalue weighted by atomic mass is 32.2. The summed E-state index contributed by atoms with van der Waals surface area (Å²) in [5.41, 5.74) is 0.936. The van der Waals surface area contributed by atoms with Gasteiger partial charge in [-0.1, -0.05) is 50.3 Å². The lowest BCUT2D eigenvalue weighted by atomic mass is 9.87. The fourth-order valence-electron chi connectivity index (χ4n) is 5.58. The highest BCUT2D eigenvalue weighted by Crippen LogP contribution is 2.29. The van der Waals surface area contributed by atoms with Gasteiger partial charge in [0.2, 0.25) is 0 Å². The lowest BCUT2D eigenvalue weighted by molar-refractivity contribution is 0.0541. The Balaban J connectivity index is 1.19. The number of sulfonamides is 1. The summed E-state index contributed by atoms with van der Waals surface area (Å²) < 4.78 is 40.0. The Labute approximate surface area is 240 Å². The van der Waals surface area contributed by atoms with Crippen molar-refractivity contribution >= 4 is 38.6 Å². The van der Waals surface area contributed by atoms with Crippen molar-refractivity contribution in [2.45, 2.75) is 43.4 Å². The maximum absolute atomic E-state index is 13.3. The average Bonchev–Trinajstić information content (AvgIpc) is 3.00. The number of hydrogen-bond acceptors (Lipinski definition) is 7. The number of hydrogen-bond donors (Lipinski definition) is 1. The number of rotatable bonds is 8. The first-order valence-electron chi connectivity index (χ1n) is 14.1. The number of carbonyl (C=O) groups is 2. The van der Waals surface area contributed by atoms with Crippen molar-refractivity contribution < 1.29 is 27.5 Å². The molecule has 0 atom stereocenters. The van der Waals surface area contributed by atoms with Crippen LogP contribution >= 0.6 is 0 Å². The molecule has 2 heterocycles. The Morgan fingerprint density at radius 1 is 0.976 bits per heavy atom. The van der Waals surface area contributed by atoms with Crippen LogP contribution in [0.25, 0.3) is 10.9 Å². The number of aromatic nitrogens is 1. The van der Waals surface area contributed by atoms with Crippen LogP contribution in [0.2, 0.25) is 0 Å². The number of nitrogens with one attached hydrogen (secondary N) is 1. The summed E-state index contributed by atoms with van der Waals surface area (Å²) in [7, 11) is -2.53. The summed E-state index contributed by atoms with van der Waals surface area (Å²) in [5, 5.41) is 0.710. The molecule has 1 N–H and O–H groups in total. The van der Waals surface area contributed by atoms with Crippen LogP contribution in [0, 0.1) is 5.92 Å². The van der Waals surface area contributed by atoms with Crippen LogP contribution in [0.4, 0.5) is 10.5 Å². The number of fused-ring (bicyclic) bond motifs is 1. The van der Waals surface area contributed by atoms with E-state index in [0.29, 0.717) is 55.2 Å². The van der Waals surface area contributed by atoms with Crippen LogP contribution in [0.1, 0.15) is 48.9 Å². The van der Waals surface area contributed by atoms with Gasteiger partial charge in [-0.25, -0.2) is 13.2 Å². The molecule has 0 spiro atoms. The first-order chi connectivity index (χ1) is 19.9. The summed E-state index contributed by atoms with van der Waals surface area (Å²) in [5.74, 6) is 0.647. The third kappa shape index (κ3) is 6.73. The van der Waals surface area contributed by atoms with Crippen molar-refractivity contribution in [3.63, 3.8) is 0 Å². The quantitative estimate of drug-likeness (QED) is 0.402.